The van der Waals surface area contributed by atoms with Gasteiger partial charge in [-0.05, 0) is 23.8 Å². The van der Waals surface area contributed by atoms with Gasteiger partial charge in [0.1, 0.15) is 23.0 Å². The fourth-order valence-electron chi connectivity index (χ4n) is 2.12. The molecule has 1 atom stereocenters. The minimum atomic E-state index is -1.23. The van der Waals surface area contributed by atoms with Crippen LogP contribution >= 0.6 is 0 Å². The molecular formula is C18H20O5S. The highest BCUT2D eigenvalue weighted by molar-refractivity contribution is 7.87. The summed E-state index contributed by atoms with van der Waals surface area (Å²) >= 11 is 0. The molecular weight excluding hydrogens is 328 g/mol. The first-order valence-corrected chi connectivity index (χ1v) is 8.59. The van der Waals surface area contributed by atoms with Gasteiger partial charge in [-0.15, -0.1) is 0 Å². The maximum absolute atomic E-state index is 12.2. The Bertz CT molecular complexity index is 738. The van der Waals surface area contributed by atoms with Gasteiger partial charge in [-0.3, -0.25) is 4.21 Å². The number of hydrogen-bond donors (Lipinski definition) is 1. The van der Waals surface area contributed by atoms with Gasteiger partial charge in [-0.2, -0.15) is 0 Å². The van der Waals surface area contributed by atoms with Crippen LogP contribution in [-0.2, 0) is 16.6 Å². The topological polar surface area (TPSA) is 65.0 Å². The SMILES string of the molecule is COc1ccc(CS(=O)/C=C/c2c(O)cc(OC)cc2OC)cc1. The average Bonchev–Trinajstić information content (AvgIpc) is 2.60. The molecule has 0 aromatic heterocycles. The fraction of sp³-hybridized carbons (Fsp3) is 0.222. The lowest BCUT2D eigenvalue weighted by Gasteiger charge is -2.09. The predicted molar refractivity (Wildman–Crippen MR) is 95.1 cm³/mol. The first-order chi connectivity index (χ1) is 11.6. The number of phenolic OH excluding ortho intramolecular Hbond substituents is 1. The summed E-state index contributed by atoms with van der Waals surface area (Å²) in [6, 6.07) is 10.5. The van der Waals surface area contributed by atoms with Gasteiger partial charge in [0.15, 0.2) is 0 Å². The number of methoxy groups -OCH3 is 3. The van der Waals surface area contributed by atoms with Gasteiger partial charge in [-0.25, -0.2) is 0 Å². The zero-order valence-electron chi connectivity index (χ0n) is 13.8. The number of hydrogen-bond acceptors (Lipinski definition) is 5. The van der Waals surface area contributed by atoms with Crippen LogP contribution in [0.4, 0.5) is 0 Å². The Morgan fingerprint density at radius 1 is 1.00 bits per heavy atom. The average molecular weight is 348 g/mol. The highest BCUT2D eigenvalue weighted by atomic mass is 32.2. The predicted octanol–water partition coefficient (Wildman–Crippen LogP) is 3.34. The summed E-state index contributed by atoms with van der Waals surface area (Å²) in [5, 5.41) is 11.6. The monoisotopic (exact) mass is 348 g/mol. The molecule has 0 aliphatic heterocycles. The second kappa shape index (κ2) is 8.40. The van der Waals surface area contributed by atoms with Gasteiger partial charge in [0.2, 0.25) is 0 Å². The van der Waals surface area contributed by atoms with E-state index in [2.05, 4.69) is 0 Å². The quantitative estimate of drug-likeness (QED) is 0.831. The number of aromatic hydroxyl groups is 1. The first-order valence-electron chi connectivity index (χ1n) is 7.20. The Kier molecular flexibility index (Phi) is 6.26. The Morgan fingerprint density at radius 2 is 1.67 bits per heavy atom. The minimum Gasteiger partial charge on any atom is -0.507 e. The lowest BCUT2D eigenvalue weighted by Crippen LogP contribution is -1.93. The standard InChI is InChI=1S/C18H20O5S/c1-21-14-6-4-13(5-7-14)12-24(20)9-8-16-17(19)10-15(22-2)11-18(16)23-3/h4-11,19H,12H2,1-3H3/b9-8+. The van der Waals surface area contributed by atoms with E-state index < -0.39 is 10.8 Å². The lowest BCUT2D eigenvalue weighted by atomic mass is 10.1. The molecule has 1 unspecified atom stereocenters. The van der Waals surface area contributed by atoms with Gasteiger partial charge >= 0.3 is 0 Å². The molecule has 0 bridgehead atoms. The minimum absolute atomic E-state index is 0.00361. The van der Waals surface area contributed by atoms with Crippen molar-refractivity contribution in [3.63, 3.8) is 0 Å². The third-order valence-electron chi connectivity index (χ3n) is 3.40. The summed E-state index contributed by atoms with van der Waals surface area (Å²) < 4.78 is 27.6. The van der Waals surface area contributed by atoms with Crippen molar-refractivity contribution in [1.82, 2.24) is 0 Å². The molecule has 0 heterocycles. The molecule has 1 N–H and O–H groups in total. The second-order valence-corrected chi connectivity index (χ2v) is 6.26. The van der Waals surface area contributed by atoms with Gasteiger partial charge in [-0.1, -0.05) is 12.1 Å². The normalized spacial score (nSPS) is 12.1. The van der Waals surface area contributed by atoms with Crippen molar-refractivity contribution in [1.29, 1.82) is 0 Å². The molecule has 0 spiro atoms. The van der Waals surface area contributed by atoms with E-state index >= 15 is 0 Å². The molecule has 128 valence electrons. The van der Waals surface area contributed by atoms with Crippen molar-refractivity contribution in [2.24, 2.45) is 0 Å². The lowest BCUT2D eigenvalue weighted by molar-refractivity contribution is 0.384. The highest BCUT2D eigenvalue weighted by Crippen LogP contribution is 2.34. The Hall–Kier alpha value is -2.47. The van der Waals surface area contributed by atoms with Crippen LogP contribution in [0.2, 0.25) is 0 Å². The van der Waals surface area contributed by atoms with Crippen LogP contribution in [-0.4, -0.2) is 30.6 Å². The van der Waals surface area contributed by atoms with Crippen LogP contribution in [0.5, 0.6) is 23.0 Å². The molecule has 6 heteroatoms. The van der Waals surface area contributed by atoms with E-state index in [1.807, 2.05) is 24.3 Å². The third-order valence-corrected chi connectivity index (χ3v) is 4.46. The van der Waals surface area contributed by atoms with Crippen molar-refractivity contribution < 1.29 is 23.5 Å². The van der Waals surface area contributed by atoms with Crippen LogP contribution in [0.3, 0.4) is 0 Å². The molecule has 0 saturated carbocycles. The second-order valence-electron chi connectivity index (χ2n) is 4.94. The number of benzene rings is 2. The van der Waals surface area contributed by atoms with Gasteiger partial charge in [0.25, 0.3) is 0 Å². The maximum Gasteiger partial charge on any atom is 0.133 e. The summed E-state index contributed by atoms with van der Waals surface area (Å²) in [7, 11) is 3.38. The Balaban J connectivity index is 2.13. The summed E-state index contributed by atoms with van der Waals surface area (Å²) in [6.45, 7) is 0. The van der Waals surface area contributed by atoms with E-state index in [1.165, 1.54) is 25.7 Å². The van der Waals surface area contributed by atoms with Crippen LogP contribution < -0.4 is 14.2 Å². The number of rotatable bonds is 7. The maximum atomic E-state index is 12.2. The molecule has 2 rings (SSSR count). The zero-order valence-corrected chi connectivity index (χ0v) is 14.6. The van der Waals surface area contributed by atoms with Gasteiger partial charge < -0.3 is 19.3 Å². The Labute approximate surface area is 143 Å². The van der Waals surface area contributed by atoms with Crippen molar-refractivity contribution >= 4 is 16.9 Å². The van der Waals surface area contributed by atoms with Crippen molar-refractivity contribution in [3.05, 3.63) is 52.9 Å². The van der Waals surface area contributed by atoms with E-state index in [-0.39, 0.29) is 5.75 Å². The van der Waals surface area contributed by atoms with Gasteiger partial charge in [0, 0.05) is 17.5 Å². The first kappa shape index (κ1) is 17.9. The number of phenols is 1. The molecule has 2 aromatic carbocycles. The summed E-state index contributed by atoms with van der Waals surface area (Å²) in [5.41, 5.74) is 1.39. The van der Waals surface area contributed by atoms with Crippen molar-refractivity contribution in [3.8, 4) is 23.0 Å². The Morgan fingerprint density at radius 3 is 2.25 bits per heavy atom. The van der Waals surface area contributed by atoms with Crippen LogP contribution in [0.1, 0.15) is 11.1 Å². The summed E-state index contributed by atoms with van der Waals surface area (Å²) in [4.78, 5) is 0. The largest absolute Gasteiger partial charge is 0.507 e. The molecule has 5 nitrogen and oxygen atoms in total. The molecule has 0 aliphatic rings. The fourth-order valence-corrected chi connectivity index (χ4v) is 3.02. The van der Waals surface area contributed by atoms with E-state index in [9.17, 15) is 9.32 Å². The van der Waals surface area contributed by atoms with Crippen LogP contribution in [0, 0.1) is 0 Å². The number of ether oxygens (including phenoxy) is 3. The smallest absolute Gasteiger partial charge is 0.133 e. The highest BCUT2D eigenvalue weighted by Gasteiger charge is 2.09. The molecule has 0 saturated heterocycles. The molecule has 0 fully saturated rings. The molecule has 2 aromatic rings. The molecule has 24 heavy (non-hydrogen) atoms. The van der Waals surface area contributed by atoms with E-state index in [0.717, 1.165) is 11.3 Å². The van der Waals surface area contributed by atoms with E-state index in [1.54, 1.807) is 19.3 Å². The van der Waals surface area contributed by atoms with Crippen molar-refractivity contribution in [2.75, 3.05) is 21.3 Å². The van der Waals surface area contributed by atoms with Crippen molar-refractivity contribution in [2.45, 2.75) is 5.75 Å². The van der Waals surface area contributed by atoms with E-state index in [4.69, 9.17) is 14.2 Å². The van der Waals surface area contributed by atoms with Crippen LogP contribution in [0.25, 0.3) is 6.08 Å². The molecule has 0 radical (unpaired) electrons. The van der Waals surface area contributed by atoms with Gasteiger partial charge in [0.05, 0.1) is 43.4 Å². The molecule has 0 amide bonds. The van der Waals surface area contributed by atoms with Crippen LogP contribution in [0.15, 0.2) is 41.8 Å². The summed E-state index contributed by atoms with van der Waals surface area (Å²) in [5.74, 6) is 2.07. The zero-order chi connectivity index (χ0) is 17.5. The molecule has 0 aliphatic carbocycles. The third kappa shape index (κ3) is 4.52. The summed E-state index contributed by atoms with van der Waals surface area (Å²) in [6.07, 6.45) is 1.59. The van der Waals surface area contributed by atoms with E-state index in [0.29, 0.717) is 22.8 Å².